The van der Waals surface area contributed by atoms with Gasteiger partial charge in [-0.15, -0.1) is 0 Å². The van der Waals surface area contributed by atoms with Gasteiger partial charge in [0, 0.05) is 32.7 Å². The molecule has 2 heterocycles. The minimum absolute atomic E-state index is 0.124. The van der Waals surface area contributed by atoms with Crippen LogP contribution in [0.3, 0.4) is 0 Å². The van der Waals surface area contributed by atoms with Crippen molar-refractivity contribution >= 4 is 5.91 Å². The molecule has 1 N–H and O–H groups in total. The molecule has 0 spiro atoms. The average Bonchev–Trinajstić information content (AvgIpc) is 3.13. The van der Waals surface area contributed by atoms with Gasteiger partial charge < -0.3 is 10.2 Å². The maximum atomic E-state index is 12.7. The van der Waals surface area contributed by atoms with E-state index in [0.717, 1.165) is 39.1 Å². The van der Waals surface area contributed by atoms with Crippen molar-refractivity contribution in [1.29, 1.82) is 0 Å². The quantitative estimate of drug-likeness (QED) is 0.815. The topological polar surface area (TPSA) is 35.6 Å². The molecule has 144 valence electrons. The molecule has 1 aromatic carbocycles. The summed E-state index contributed by atoms with van der Waals surface area (Å²) in [7, 11) is 0. The molecule has 1 amide bonds. The van der Waals surface area contributed by atoms with Crippen molar-refractivity contribution in [2.45, 2.75) is 39.7 Å². The number of piperidine rings is 1. The predicted octanol–water partition coefficient (Wildman–Crippen LogP) is 2.99. The first-order valence-corrected chi connectivity index (χ1v) is 10.4. The third-order valence-electron chi connectivity index (χ3n) is 5.63. The molecule has 0 radical (unpaired) electrons. The lowest BCUT2D eigenvalue weighted by Crippen LogP contribution is -2.48. The highest BCUT2D eigenvalue weighted by Gasteiger charge is 2.32. The van der Waals surface area contributed by atoms with Crippen molar-refractivity contribution in [3.63, 3.8) is 0 Å². The van der Waals surface area contributed by atoms with Crippen LogP contribution in [-0.4, -0.2) is 55.0 Å². The van der Waals surface area contributed by atoms with Crippen LogP contribution in [0.1, 0.15) is 38.7 Å². The van der Waals surface area contributed by atoms with Crippen LogP contribution in [0.2, 0.25) is 0 Å². The second-order valence-corrected chi connectivity index (χ2v) is 8.63. The van der Waals surface area contributed by atoms with E-state index in [2.05, 4.69) is 59.3 Å². The van der Waals surface area contributed by atoms with Crippen molar-refractivity contribution in [3.05, 3.63) is 35.9 Å². The van der Waals surface area contributed by atoms with Gasteiger partial charge in [0.2, 0.25) is 5.91 Å². The predicted molar refractivity (Wildman–Crippen MR) is 107 cm³/mol. The van der Waals surface area contributed by atoms with Crippen LogP contribution in [0, 0.1) is 17.8 Å². The minimum atomic E-state index is 0.124. The summed E-state index contributed by atoms with van der Waals surface area (Å²) in [5, 5.41) is 3.17. The summed E-state index contributed by atoms with van der Waals surface area (Å²) in [6.45, 7) is 11.7. The first-order chi connectivity index (χ1) is 12.6. The zero-order valence-corrected chi connectivity index (χ0v) is 16.5. The molecule has 0 aromatic heterocycles. The molecule has 4 heteroatoms. The van der Waals surface area contributed by atoms with Crippen molar-refractivity contribution in [2.75, 3.05) is 39.3 Å². The van der Waals surface area contributed by atoms with Gasteiger partial charge in [-0.3, -0.25) is 9.69 Å². The zero-order valence-electron chi connectivity index (χ0n) is 16.5. The number of nitrogens with one attached hydrogen (secondary N) is 1. The Hall–Kier alpha value is -1.39. The maximum Gasteiger partial charge on any atom is 0.224 e. The number of likely N-dealkylation sites (tertiary alicyclic amines) is 2. The van der Waals surface area contributed by atoms with Crippen LogP contribution in [0.5, 0.6) is 0 Å². The Bertz CT molecular complexity index is 554. The second-order valence-electron chi connectivity index (χ2n) is 8.63. The first kappa shape index (κ1) is 19.4. The zero-order chi connectivity index (χ0) is 18.4. The molecule has 2 aliphatic heterocycles. The summed E-state index contributed by atoms with van der Waals surface area (Å²) in [5.74, 6) is 1.48. The molecule has 2 aliphatic rings. The van der Waals surface area contributed by atoms with Gasteiger partial charge in [-0.2, -0.15) is 0 Å². The van der Waals surface area contributed by atoms with Gasteiger partial charge in [0.15, 0.2) is 0 Å². The molecule has 2 atom stereocenters. The number of hydrogen-bond acceptors (Lipinski definition) is 3. The fourth-order valence-electron chi connectivity index (χ4n) is 4.38. The molecule has 0 saturated carbocycles. The van der Waals surface area contributed by atoms with E-state index in [0.29, 0.717) is 11.8 Å². The van der Waals surface area contributed by atoms with Gasteiger partial charge in [0.1, 0.15) is 0 Å². The van der Waals surface area contributed by atoms with Crippen molar-refractivity contribution in [3.8, 4) is 0 Å². The molecule has 0 bridgehead atoms. The first-order valence-electron chi connectivity index (χ1n) is 10.4. The number of carbonyl (C=O) groups excluding carboxylic acids is 1. The largest absolute Gasteiger partial charge is 0.356 e. The number of hydrogen-bond donors (Lipinski definition) is 1. The number of benzene rings is 1. The van der Waals surface area contributed by atoms with Crippen LogP contribution in [0.15, 0.2) is 30.3 Å². The van der Waals surface area contributed by atoms with E-state index in [1.165, 1.54) is 31.5 Å². The highest BCUT2D eigenvalue weighted by atomic mass is 16.1. The van der Waals surface area contributed by atoms with Crippen LogP contribution in [0.4, 0.5) is 0 Å². The SMILES string of the molecule is CC(C)CNC(=O)[C@@H]1C[C@H](CN2CCCC2)CN(Cc2ccccc2)C1. The van der Waals surface area contributed by atoms with Gasteiger partial charge in [0.05, 0.1) is 5.92 Å². The molecule has 0 unspecified atom stereocenters. The fraction of sp³-hybridized carbons (Fsp3) is 0.682. The third-order valence-corrected chi connectivity index (χ3v) is 5.63. The summed E-state index contributed by atoms with van der Waals surface area (Å²) in [5.41, 5.74) is 1.34. The lowest BCUT2D eigenvalue weighted by atomic mass is 9.87. The van der Waals surface area contributed by atoms with Gasteiger partial charge in [-0.05, 0) is 49.8 Å². The molecule has 4 nitrogen and oxygen atoms in total. The van der Waals surface area contributed by atoms with Crippen molar-refractivity contribution in [2.24, 2.45) is 17.8 Å². The number of nitrogens with zero attached hydrogens (tertiary/aromatic N) is 2. The van der Waals surface area contributed by atoms with E-state index in [1.807, 2.05) is 0 Å². The monoisotopic (exact) mass is 357 g/mol. The molecule has 2 saturated heterocycles. The Morgan fingerprint density at radius 2 is 1.85 bits per heavy atom. The molecule has 3 rings (SSSR count). The normalized spacial score (nSPS) is 24.9. The van der Waals surface area contributed by atoms with E-state index in [-0.39, 0.29) is 11.8 Å². The smallest absolute Gasteiger partial charge is 0.224 e. The third kappa shape index (κ3) is 5.82. The standard InChI is InChI=1S/C22H35N3O/c1-18(2)13-23-22(26)21-12-20(15-24-10-6-7-11-24)16-25(17-21)14-19-8-4-3-5-9-19/h3-5,8-9,18,20-21H,6-7,10-17H2,1-2H3,(H,23,26)/t20-,21-/m1/s1. The molecular weight excluding hydrogens is 322 g/mol. The molecule has 26 heavy (non-hydrogen) atoms. The molecule has 2 fully saturated rings. The number of rotatable bonds is 7. The molecular formula is C22H35N3O. The van der Waals surface area contributed by atoms with Crippen LogP contribution >= 0.6 is 0 Å². The lowest BCUT2D eigenvalue weighted by molar-refractivity contribution is -0.127. The summed E-state index contributed by atoms with van der Waals surface area (Å²) in [6.07, 6.45) is 3.70. The van der Waals surface area contributed by atoms with Crippen LogP contribution in [0.25, 0.3) is 0 Å². The minimum Gasteiger partial charge on any atom is -0.356 e. The summed E-state index contributed by atoms with van der Waals surface area (Å²) in [6, 6.07) is 10.7. The molecule has 0 aliphatic carbocycles. The van der Waals surface area contributed by atoms with E-state index < -0.39 is 0 Å². The fourth-order valence-corrected chi connectivity index (χ4v) is 4.38. The van der Waals surface area contributed by atoms with Gasteiger partial charge in [-0.25, -0.2) is 0 Å². The average molecular weight is 358 g/mol. The molecule has 1 aromatic rings. The number of carbonyl (C=O) groups is 1. The highest BCUT2D eigenvalue weighted by molar-refractivity contribution is 5.79. The summed E-state index contributed by atoms with van der Waals surface area (Å²) < 4.78 is 0. The Morgan fingerprint density at radius 3 is 2.54 bits per heavy atom. The van der Waals surface area contributed by atoms with Gasteiger partial charge >= 0.3 is 0 Å². The summed E-state index contributed by atoms with van der Waals surface area (Å²) >= 11 is 0. The van der Waals surface area contributed by atoms with Gasteiger partial charge in [0.25, 0.3) is 0 Å². The Labute approximate surface area is 158 Å². The van der Waals surface area contributed by atoms with Crippen LogP contribution in [-0.2, 0) is 11.3 Å². The Balaban J connectivity index is 1.62. The van der Waals surface area contributed by atoms with E-state index in [1.54, 1.807) is 0 Å². The van der Waals surface area contributed by atoms with E-state index in [9.17, 15) is 4.79 Å². The Kier molecular flexibility index (Phi) is 7.09. The highest BCUT2D eigenvalue weighted by Crippen LogP contribution is 2.26. The van der Waals surface area contributed by atoms with Crippen molar-refractivity contribution in [1.82, 2.24) is 15.1 Å². The second kappa shape index (κ2) is 9.52. The van der Waals surface area contributed by atoms with Gasteiger partial charge in [-0.1, -0.05) is 44.2 Å². The lowest BCUT2D eigenvalue weighted by Gasteiger charge is -2.38. The number of amides is 1. The Morgan fingerprint density at radius 1 is 1.12 bits per heavy atom. The van der Waals surface area contributed by atoms with Crippen molar-refractivity contribution < 1.29 is 4.79 Å². The van der Waals surface area contributed by atoms with E-state index in [4.69, 9.17) is 0 Å². The van der Waals surface area contributed by atoms with Crippen LogP contribution < -0.4 is 5.32 Å². The summed E-state index contributed by atoms with van der Waals surface area (Å²) in [4.78, 5) is 17.8. The maximum absolute atomic E-state index is 12.7. The van der Waals surface area contributed by atoms with E-state index >= 15 is 0 Å².